The molecule has 0 fully saturated rings. The molecule has 2 amide bonds. The Hall–Kier alpha value is -3.27. The molecule has 2 aromatic rings. The zero-order chi connectivity index (χ0) is 22.4. The van der Waals surface area contributed by atoms with Crippen LogP contribution in [-0.4, -0.2) is 29.4 Å². The highest BCUT2D eigenvalue weighted by Gasteiger charge is 2.26. The van der Waals surface area contributed by atoms with Crippen molar-refractivity contribution < 1.29 is 28.0 Å². The van der Waals surface area contributed by atoms with Gasteiger partial charge in [0.15, 0.2) is 0 Å². The number of hydrogen-bond acceptors (Lipinski definition) is 5. The van der Waals surface area contributed by atoms with Gasteiger partial charge in [0.05, 0.1) is 15.5 Å². The number of anilines is 1. The molecule has 1 unspecified atom stereocenters. The highest BCUT2D eigenvalue weighted by atomic mass is 35.5. The van der Waals surface area contributed by atoms with Crippen molar-refractivity contribution in [3.05, 3.63) is 63.2 Å². The van der Waals surface area contributed by atoms with Crippen LogP contribution < -0.4 is 15.4 Å². The average molecular weight is 442 g/mol. The zero-order valence-electron chi connectivity index (χ0n) is 15.9. The molecule has 0 saturated carbocycles. The van der Waals surface area contributed by atoms with Gasteiger partial charge >= 0.3 is 6.61 Å². The third-order valence-electron chi connectivity index (χ3n) is 3.99. The van der Waals surface area contributed by atoms with E-state index in [0.29, 0.717) is 5.69 Å². The van der Waals surface area contributed by atoms with Gasteiger partial charge in [-0.2, -0.15) is 8.78 Å². The quantitative estimate of drug-likeness (QED) is 0.470. The van der Waals surface area contributed by atoms with Crippen LogP contribution in [0.5, 0.6) is 5.75 Å². The number of non-ortho nitro benzene ring substituents is 1. The standard InChI is InChI=1S/C19H18ClF2N3O5/c1-10(2)16(18(27)23-11-3-6-13(7-4-11)30-19(21)22)24-17(26)14-8-5-12(25(28)29)9-15(14)20/h3-10,16,19H,1-2H3,(H,23,27)(H,24,26). The minimum Gasteiger partial charge on any atom is -0.435 e. The van der Waals surface area contributed by atoms with E-state index >= 15 is 0 Å². The fourth-order valence-corrected chi connectivity index (χ4v) is 2.76. The maximum atomic E-state index is 12.6. The summed E-state index contributed by atoms with van der Waals surface area (Å²) in [6.45, 7) is 0.459. The lowest BCUT2D eigenvalue weighted by Gasteiger charge is -2.22. The van der Waals surface area contributed by atoms with Gasteiger partial charge in [-0.3, -0.25) is 19.7 Å². The first-order valence-electron chi connectivity index (χ1n) is 8.69. The maximum absolute atomic E-state index is 12.6. The molecule has 11 heteroatoms. The van der Waals surface area contributed by atoms with Crippen LogP contribution >= 0.6 is 11.6 Å². The van der Waals surface area contributed by atoms with Gasteiger partial charge in [0.1, 0.15) is 11.8 Å². The third kappa shape index (κ3) is 6.11. The molecular weight excluding hydrogens is 424 g/mol. The predicted molar refractivity (Wildman–Crippen MR) is 106 cm³/mol. The number of nitro groups is 1. The summed E-state index contributed by atoms with van der Waals surface area (Å²) in [7, 11) is 0. The number of benzene rings is 2. The van der Waals surface area contributed by atoms with Crippen molar-refractivity contribution in [1.29, 1.82) is 0 Å². The number of nitrogens with zero attached hydrogens (tertiary/aromatic N) is 1. The maximum Gasteiger partial charge on any atom is 0.387 e. The van der Waals surface area contributed by atoms with Crippen molar-refractivity contribution in [3.8, 4) is 5.75 Å². The van der Waals surface area contributed by atoms with Crippen LogP contribution in [0.2, 0.25) is 5.02 Å². The molecule has 0 bridgehead atoms. The molecule has 0 radical (unpaired) electrons. The first-order valence-corrected chi connectivity index (χ1v) is 9.06. The molecule has 160 valence electrons. The van der Waals surface area contributed by atoms with Crippen LogP contribution in [-0.2, 0) is 4.79 Å². The van der Waals surface area contributed by atoms with E-state index < -0.39 is 29.4 Å². The summed E-state index contributed by atoms with van der Waals surface area (Å²) in [6, 6.07) is 7.71. The topological polar surface area (TPSA) is 111 Å². The van der Waals surface area contributed by atoms with E-state index in [1.54, 1.807) is 13.8 Å². The van der Waals surface area contributed by atoms with Crippen molar-refractivity contribution in [3.63, 3.8) is 0 Å². The van der Waals surface area contributed by atoms with E-state index in [1.165, 1.54) is 30.3 Å². The summed E-state index contributed by atoms with van der Waals surface area (Å²) in [6.07, 6.45) is 0. The molecule has 0 spiro atoms. The Morgan fingerprint density at radius 3 is 2.27 bits per heavy atom. The smallest absolute Gasteiger partial charge is 0.387 e. The van der Waals surface area contributed by atoms with Gasteiger partial charge in [-0.05, 0) is 36.2 Å². The number of nitrogens with one attached hydrogen (secondary N) is 2. The number of halogens is 3. The summed E-state index contributed by atoms with van der Waals surface area (Å²) in [5.41, 5.74) is 0.0260. The van der Waals surface area contributed by atoms with Crippen LogP contribution in [0.25, 0.3) is 0 Å². The molecule has 0 aliphatic rings. The Balaban J connectivity index is 2.10. The van der Waals surface area contributed by atoms with Crippen molar-refractivity contribution >= 4 is 34.8 Å². The summed E-state index contributed by atoms with van der Waals surface area (Å²) in [4.78, 5) is 35.3. The van der Waals surface area contributed by atoms with Gasteiger partial charge in [-0.25, -0.2) is 0 Å². The van der Waals surface area contributed by atoms with Gasteiger partial charge in [0, 0.05) is 17.8 Å². The molecule has 30 heavy (non-hydrogen) atoms. The molecule has 2 aromatic carbocycles. The molecule has 2 N–H and O–H groups in total. The average Bonchev–Trinajstić information content (AvgIpc) is 2.66. The van der Waals surface area contributed by atoms with Gasteiger partial charge in [-0.1, -0.05) is 25.4 Å². The Morgan fingerprint density at radius 2 is 1.77 bits per heavy atom. The lowest BCUT2D eigenvalue weighted by molar-refractivity contribution is -0.384. The van der Waals surface area contributed by atoms with E-state index in [2.05, 4.69) is 15.4 Å². The molecule has 0 heterocycles. The molecule has 0 aromatic heterocycles. The summed E-state index contributed by atoms with van der Waals surface area (Å²) >= 11 is 5.96. The van der Waals surface area contributed by atoms with Gasteiger partial charge in [0.2, 0.25) is 5.91 Å². The minimum atomic E-state index is -2.96. The monoisotopic (exact) mass is 441 g/mol. The van der Waals surface area contributed by atoms with Crippen molar-refractivity contribution in [2.75, 3.05) is 5.32 Å². The zero-order valence-corrected chi connectivity index (χ0v) is 16.7. The van der Waals surface area contributed by atoms with Crippen LogP contribution in [0.1, 0.15) is 24.2 Å². The van der Waals surface area contributed by atoms with Gasteiger partial charge in [0.25, 0.3) is 11.6 Å². The third-order valence-corrected chi connectivity index (χ3v) is 4.30. The Morgan fingerprint density at radius 1 is 1.13 bits per heavy atom. The normalized spacial score (nSPS) is 11.8. The van der Waals surface area contributed by atoms with E-state index in [1.807, 2.05) is 0 Å². The second-order valence-electron chi connectivity index (χ2n) is 6.51. The number of hydrogen-bond donors (Lipinski definition) is 2. The van der Waals surface area contributed by atoms with E-state index in [4.69, 9.17) is 11.6 Å². The van der Waals surface area contributed by atoms with Gasteiger partial charge in [-0.15, -0.1) is 0 Å². The second kappa shape index (κ2) is 9.97. The largest absolute Gasteiger partial charge is 0.435 e. The number of alkyl halides is 2. The van der Waals surface area contributed by atoms with Crippen LogP contribution in [0.3, 0.4) is 0 Å². The first-order chi connectivity index (χ1) is 14.1. The number of ether oxygens (including phenoxy) is 1. The van der Waals surface area contributed by atoms with Crippen molar-refractivity contribution in [1.82, 2.24) is 5.32 Å². The molecule has 0 aliphatic heterocycles. The predicted octanol–water partition coefficient (Wildman–Crippen LogP) is 4.24. The Kier molecular flexibility index (Phi) is 7.65. The minimum absolute atomic E-state index is 0.0192. The van der Waals surface area contributed by atoms with Crippen LogP contribution in [0.4, 0.5) is 20.2 Å². The number of nitro benzene ring substituents is 1. The van der Waals surface area contributed by atoms with Crippen molar-refractivity contribution in [2.45, 2.75) is 26.5 Å². The highest BCUT2D eigenvalue weighted by molar-refractivity contribution is 6.34. The fourth-order valence-electron chi connectivity index (χ4n) is 2.50. The highest BCUT2D eigenvalue weighted by Crippen LogP contribution is 2.23. The Labute approximate surface area is 175 Å². The molecule has 0 saturated heterocycles. The van der Waals surface area contributed by atoms with Crippen LogP contribution in [0.15, 0.2) is 42.5 Å². The summed E-state index contributed by atoms with van der Waals surface area (Å²) < 4.78 is 28.6. The van der Waals surface area contributed by atoms with E-state index in [9.17, 15) is 28.5 Å². The van der Waals surface area contributed by atoms with Crippen LogP contribution in [0, 0.1) is 16.0 Å². The first kappa shape index (κ1) is 23.0. The summed E-state index contributed by atoms with van der Waals surface area (Å²) in [5.74, 6) is -1.60. The molecule has 8 nitrogen and oxygen atoms in total. The lowest BCUT2D eigenvalue weighted by Crippen LogP contribution is -2.47. The molecule has 0 aliphatic carbocycles. The number of carbonyl (C=O) groups excluding carboxylic acids is 2. The molecule has 1 atom stereocenters. The fraction of sp³-hybridized carbons (Fsp3) is 0.263. The van der Waals surface area contributed by atoms with E-state index in [0.717, 1.165) is 12.1 Å². The second-order valence-corrected chi connectivity index (χ2v) is 6.92. The van der Waals surface area contributed by atoms with Gasteiger partial charge < -0.3 is 15.4 Å². The van der Waals surface area contributed by atoms with Crippen molar-refractivity contribution in [2.24, 2.45) is 5.92 Å². The SMILES string of the molecule is CC(C)C(NC(=O)c1ccc([N+](=O)[O-])cc1Cl)C(=O)Nc1ccc(OC(F)F)cc1. The number of carbonyl (C=O) groups is 2. The number of amides is 2. The Bertz CT molecular complexity index is 938. The number of rotatable bonds is 8. The lowest BCUT2D eigenvalue weighted by atomic mass is 10.0. The molecule has 2 rings (SSSR count). The summed E-state index contributed by atoms with van der Waals surface area (Å²) in [5, 5.41) is 15.8. The molecular formula is C19H18ClF2N3O5. The van der Waals surface area contributed by atoms with E-state index in [-0.39, 0.29) is 27.9 Å².